The summed E-state index contributed by atoms with van der Waals surface area (Å²) in [4.78, 5) is 8.24. The lowest BCUT2D eigenvalue weighted by molar-refractivity contribution is 0.00910. The predicted octanol–water partition coefficient (Wildman–Crippen LogP) is 4.61. The van der Waals surface area contributed by atoms with Gasteiger partial charge in [-0.05, 0) is 42.0 Å². The molecule has 4 N–H and O–H groups in total. The van der Waals surface area contributed by atoms with Crippen molar-refractivity contribution in [2.75, 3.05) is 17.2 Å². The molecule has 2 aromatic heterocycles. The molecule has 1 atom stereocenters. The van der Waals surface area contributed by atoms with Crippen molar-refractivity contribution < 1.29 is 13.2 Å². The van der Waals surface area contributed by atoms with Crippen molar-refractivity contribution in [1.82, 2.24) is 25.9 Å². The van der Waals surface area contributed by atoms with Crippen molar-refractivity contribution >= 4 is 41.7 Å². The van der Waals surface area contributed by atoms with E-state index in [0.717, 1.165) is 0 Å². The molecule has 3 aromatic rings. The molecular formula is C27H29BClF3N8. The minimum Gasteiger partial charge on any atom is -0.383 e. The van der Waals surface area contributed by atoms with Gasteiger partial charge in [0.05, 0.1) is 32.9 Å². The minimum atomic E-state index is -2.54. The number of benzene rings is 1. The van der Waals surface area contributed by atoms with Crippen molar-refractivity contribution in [2.45, 2.75) is 51.0 Å². The van der Waals surface area contributed by atoms with Gasteiger partial charge in [0.15, 0.2) is 0 Å². The third kappa shape index (κ3) is 5.11. The van der Waals surface area contributed by atoms with Crippen LogP contribution in [-0.4, -0.2) is 41.3 Å². The molecule has 1 aliphatic heterocycles. The van der Waals surface area contributed by atoms with Gasteiger partial charge in [-0.3, -0.25) is 9.99 Å². The lowest BCUT2D eigenvalue weighted by atomic mass is 9.70. The van der Waals surface area contributed by atoms with E-state index in [2.05, 4.69) is 58.4 Å². The van der Waals surface area contributed by atoms with Crippen molar-refractivity contribution in [3.8, 4) is 6.07 Å². The van der Waals surface area contributed by atoms with Crippen LogP contribution in [0.15, 0.2) is 48.6 Å². The van der Waals surface area contributed by atoms with Gasteiger partial charge in [-0.1, -0.05) is 38.4 Å². The zero-order valence-electron chi connectivity index (χ0n) is 22.5. The predicted molar refractivity (Wildman–Crippen MR) is 152 cm³/mol. The average molecular weight is 569 g/mol. The lowest BCUT2D eigenvalue weighted by Gasteiger charge is -2.33. The lowest BCUT2D eigenvalue weighted by Crippen LogP contribution is -2.50. The van der Waals surface area contributed by atoms with Crippen molar-refractivity contribution in [3.63, 3.8) is 0 Å². The quantitative estimate of drug-likeness (QED) is 0.231. The van der Waals surface area contributed by atoms with Crippen LogP contribution in [0.1, 0.15) is 44.7 Å². The zero-order valence-corrected chi connectivity index (χ0v) is 23.3. The molecule has 0 amide bonds. The number of nitrogens with zero attached hydrogens (tertiary/aromatic N) is 4. The van der Waals surface area contributed by atoms with Gasteiger partial charge in [-0.25, -0.2) is 13.8 Å². The highest BCUT2D eigenvalue weighted by molar-refractivity contribution is 6.36. The number of fused-ring (bicyclic) bond motifs is 1. The number of hydrogen-bond donors (Lipinski definition) is 4. The number of anilines is 2. The Labute approximate surface area is 236 Å². The highest BCUT2D eigenvalue weighted by atomic mass is 35.5. The number of hydrazine groups is 2. The number of halogens is 4. The first-order valence-corrected chi connectivity index (χ1v) is 13.2. The Bertz CT molecular complexity index is 1520. The number of nitrogens with one attached hydrogen (secondary N) is 4. The summed E-state index contributed by atoms with van der Waals surface area (Å²) in [5, 5.41) is 19.0. The number of aromatic nitrogens is 2. The first kappa shape index (κ1) is 27.9. The number of alkyl halides is 2. The van der Waals surface area contributed by atoms with Crippen LogP contribution in [0.4, 0.5) is 24.5 Å². The Hall–Kier alpha value is -3.69. The number of nitriles is 1. The van der Waals surface area contributed by atoms with E-state index in [1.165, 1.54) is 23.5 Å². The van der Waals surface area contributed by atoms with Gasteiger partial charge in [-0.15, -0.1) is 5.53 Å². The van der Waals surface area contributed by atoms with Gasteiger partial charge in [-0.2, -0.15) is 9.65 Å². The monoisotopic (exact) mass is 568 g/mol. The summed E-state index contributed by atoms with van der Waals surface area (Å²) < 4.78 is 41.4. The zero-order chi connectivity index (χ0) is 28.9. The summed E-state index contributed by atoms with van der Waals surface area (Å²) >= 11 is 6.69. The summed E-state index contributed by atoms with van der Waals surface area (Å²) in [6.45, 7) is 6.84. The van der Waals surface area contributed by atoms with Crippen LogP contribution >= 0.6 is 11.6 Å². The summed E-state index contributed by atoms with van der Waals surface area (Å²) in [7, 11) is 1.83. The van der Waals surface area contributed by atoms with Gasteiger partial charge < -0.3 is 16.1 Å². The van der Waals surface area contributed by atoms with E-state index in [4.69, 9.17) is 11.6 Å². The first-order valence-electron chi connectivity index (χ1n) is 12.8. The average Bonchev–Trinajstić information content (AvgIpc) is 3.56. The Morgan fingerprint density at radius 3 is 2.58 bits per heavy atom. The standard InChI is InChI=1S/C27H29BClF3N8/c1-25(2,3)14-36-22-15(10-33)11-35-23-18(22)8-17(9-19(23)29)37-27(28,16-4-5-21(30)34-12-16)20-13-40(39-38-20)26(6-7-26)24(31)32/h4-5,8-9,11-13,24,37-39H,6-7,14,28H2,1-3H3,(H,35,36). The van der Waals surface area contributed by atoms with E-state index in [1.54, 1.807) is 18.3 Å². The molecule has 1 aromatic carbocycles. The molecule has 1 saturated carbocycles. The summed E-state index contributed by atoms with van der Waals surface area (Å²) in [5.74, 6) is -0.646. The molecule has 0 radical (unpaired) electrons. The van der Waals surface area contributed by atoms with E-state index in [9.17, 15) is 18.4 Å². The van der Waals surface area contributed by atoms with E-state index in [1.807, 2.05) is 13.9 Å². The van der Waals surface area contributed by atoms with E-state index in [-0.39, 0.29) is 5.41 Å². The molecule has 0 bridgehead atoms. The van der Waals surface area contributed by atoms with Crippen molar-refractivity contribution in [2.24, 2.45) is 5.41 Å². The molecule has 5 rings (SSSR count). The second-order valence-corrected chi connectivity index (χ2v) is 12.0. The molecule has 3 heterocycles. The van der Waals surface area contributed by atoms with E-state index >= 15 is 0 Å². The van der Waals surface area contributed by atoms with Crippen molar-refractivity contribution in [1.29, 1.82) is 5.26 Å². The maximum Gasteiger partial charge on any atom is 0.262 e. The van der Waals surface area contributed by atoms with Gasteiger partial charge >= 0.3 is 0 Å². The van der Waals surface area contributed by atoms with Crippen LogP contribution in [0, 0.1) is 22.7 Å². The molecule has 0 spiro atoms. The van der Waals surface area contributed by atoms with E-state index in [0.29, 0.717) is 63.5 Å². The fraction of sp³-hybridized carbons (Fsp3) is 0.370. The Balaban J connectivity index is 1.60. The van der Waals surface area contributed by atoms with Gasteiger partial charge in [0.2, 0.25) is 5.95 Å². The van der Waals surface area contributed by atoms with Crippen LogP contribution in [0.2, 0.25) is 5.02 Å². The molecular weight excluding hydrogens is 540 g/mol. The highest BCUT2D eigenvalue weighted by Gasteiger charge is 2.57. The second-order valence-electron chi connectivity index (χ2n) is 11.6. The molecule has 40 heavy (non-hydrogen) atoms. The number of hydrogen-bond acceptors (Lipinski definition) is 8. The fourth-order valence-electron chi connectivity index (χ4n) is 4.72. The van der Waals surface area contributed by atoms with Crippen LogP contribution in [0.25, 0.3) is 10.9 Å². The smallest absolute Gasteiger partial charge is 0.262 e. The van der Waals surface area contributed by atoms with Crippen molar-refractivity contribution in [3.05, 3.63) is 70.7 Å². The topological polar surface area (TPSA) is 101 Å². The van der Waals surface area contributed by atoms with Crippen LogP contribution in [0.5, 0.6) is 0 Å². The molecule has 13 heteroatoms. The van der Waals surface area contributed by atoms with E-state index < -0.39 is 23.4 Å². The normalized spacial score (nSPS) is 17.7. The Kier molecular flexibility index (Phi) is 7.00. The third-order valence-electron chi connectivity index (χ3n) is 7.30. The largest absolute Gasteiger partial charge is 0.383 e. The number of pyridine rings is 2. The third-order valence-corrected chi connectivity index (χ3v) is 7.58. The van der Waals surface area contributed by atoms with Gasteiger partial charge in [0.1, 0.15) is 19.5 Å². The van der Waals surface area contributed by atoms with Crippen LogP contribution < -0.4 is 21.6 Å². The summed E-state index contributed by atoms with van der Waals surface area (Å²) in [5.41, 5.74) is 6.59. The molecule has 2 aliphatic rings. The Morgan fingerprint density at radius 2 is 1.98 bits per heavy atom. The molecule has 208 valence electrons. The number of rotatable bonds is 8. The second kappa shape index (κ2) is 10.1. The molecule has 1 aliphatic carbocycles. The maximum atomic E-state index is 13.8. The van der Waals surface area contributed by atoms with Gasteiger partial charge in [0.25, 0.3) is 6.43 Å². The van der Waals surface area contributed by atoms with Crippen LogP contribution in [-0.2, 0) is 5.44 Å². The molecule has 1 fully saturated rings. The summed E-state index contributed by atoms with van der Waals surface area (Å²) in [6, 6.07) is 8.54. The highest BCUT2D eigenvalue weighted by Crippen LogP contribution is 2.47. The van der Waals surface area contributed by atoms with Crippen LogP contribution in [0.3, 0.4) is 0 Å². The molecule has 0 saturated heterocycles. The SMILES string of the molecule is BC(Nc1cc(Cl)c2ncc(C#N)c(NCC(C)(C)C)c2c1)(C1=CN(C2(C(F)F)CC2)NN1)c1ccc(F)nc1. The minimum absolute atomic E-state index is 0.0627. The first-order chi connectivity index (χ1) is 18.9. The maximum absolute atomic E-state index is 13.8. The van der Waals surface area contributed by atoms with Gasteiger partial charge in [0, 0.05) is 36.2 Å². The molecule has 8 nitrogen and oxygen atoms in total. The Morgan fingerprint density at radius 1 is 1.23 bits per heavy atom. The molecule has 1 unspecified atom stereocenters. The fourth-order valence-corrected chi connectivity index (χ4v) is 4.98. The summed E-state index contributed by atoms with van der Waals surface area (Å²) in [6.07, 6.45) is 2.65.